The first-order valence-corrected chi connectivity index (χ1v) is 4.89. The minimum atomic E-state index is -2.31. The summed E-state index contributed by atoms with van der Waals surface area (Å²) in [5.74, 6) is -12.8. The largest absolute Gasteiger partial charge is 0.331 e. The molecule has 2 aromatic rings. The van der Waals surface area contributed by atoms with Gasteiger partial charge in [-0.1, -0.05) is 0 Å². The molecule has 1 aromatic heterocycles. The lowest BCUT2D eigenvalue weighted by molar-refractivity contribution is 0.101. The maximum absolute atomic E-state index is 13.4. The van der Waals surface area contributed by atoms with Gasteiger partial charge in [0.1, 0.15) is 5.56 Å². The number of carbonyl (C=O) groups is 1. The molecule has 0 fully saturated rings. The van der Waals surface area contributed by atoms with E-state index in [4.69, 9.17) is 0 Å². The second-order valence-corrected chi connectivity index (χ2v) is 3.64. The number of carbonyl (C=O) groups excluding carboxylic acids is 1. The van der Waals surface area contributed by atoms with Crippen molar-refractivity contribution < 1.29 is 26.7 Å². The number of halogens is 5. The summed E-state index contributed by atoms with van der Waals surface area (Å²) in [4.78, 5) is 15.3. The van der Waals surface area contributed by atoms with Crippen LogP contribution in [-0.4, -0.2) is 15.3 Å². The summed E-state index contributed by atoms with van der Waals surface area (Å²) < 4.78 is 66.6. The number of benzene rings is 1. The van der Waals surface area contributed by atoms with Crippen LogP contribution in [0.2, 0.25) is 0 Å². The van der Waals surface area contributed by atoms with E-state index < -0.39 is 46.3 Å². The van der Waals surface area contributed by atoms with Gasteiger partial charge in [0, 0.05) is 19.4 Å². The van der Waals surface area contributed by atoms with Gasteiger partial charge in [-0.2, -0.15) is 0 Å². The van der Waals surface area contributed by atoms with Crippen molar-refractivity contribution in [1.29, 1.82) is 0 Å². The highest BCUT2D eigenvalue weighted by molar-refractivity contribution is 6.07. The summed E-state index contributed by atoms with van der Waals surface area (Å²) in [5.41, 5.74) is -1.52. The number of rotatable bonds is 2. The van der Waals surface area contributed by atoms with Gasteiger partial charge < -0.3 is 4.57 Å². The average molecular weight is 276 g/mol. The first-order valence-electron chi connectivity index (χ1n) is 4.89. The SMILES string of the molecule is Cn1ccnc1C(=O)c1c(F)c(F)c(F)c(F)c1F. The predicted molar refractivity (Wildman–Crippen MR) is 52.9 cm³/mol. The fraction of sp³-hybridized carbons (Fsp3) is 0.0909. The number of aromatic nitrogens is 2. The Balaban J connectivity index is 2.71. The Labute approximate surface area is 103 Å². The van der Waals surface area contributed by atoms with Crippen LogP contribution in [0.3, 0.4) is 0 Å². The molecule has 2 rings (SSSR count). The Kier molecular flexibility index (Phi) is 3.09. The predicted octanol–water partition coefficient (Wildman–Crippen LogP) is 2.35. The highest BCUT2D eigenvalue weighted by Crippen LogP contribution is 2.24. The highest BCUT2D eigenvalue weighted by Gasteiger charge is 2.31. The quantitative estimate of drug-likeness (QED) is 0.365. The Bertz CT molecular complexity index is 651. The zero-order valence-electron chi connectivity index (χ0n) is 9.35. The molecule has 0 bridgehead atoms. The molecule has 0 aliphatic carbocycles. The van der Waals surface area contributed by atoms with Gasteiger partial charge in [0.05, 0.1) is 0 Å². The molecule has 0 unspecified atom stereocenters. The third kappa shape index (κ3) is 1.88. The van der Waals surface area contributed by atoms with Crippen molar-refractivity contribution >= 4 is 5.78 Å². The van der Waals surface area contributed by atoms with Crippen molar-refractivity contribution in [2.45, 2.75) is 0 Å². The second kappa shape index (κ2) is 4.45. The molecule has 1 heterocycles. The number of hydrogen-bond donors (Lipinski definition) is 0. The summed E-state index contributed by atoms with van der Waals surface area (Å²) >= 11 is 0. The molecule has 3 nitrogen and oxygen atoms in total. The molecule has 0 radical (unpaired) electrons. The third-order valence-corrected chi connectivity index (χ3v) is 2.46. The number of imidazole rings is 1. The topological polar surface area (TPSA) is 34.9 Å². The van der Waals surface area contributed by atoms with Gasteiger partial charge in [0.25, 0.3) is 0 Å². The normalized spacial score (nSPS) is 10.8. The Morgan fingerprint density at radius 1 is 1.00 bits per heavy atom. The minimum absolute atomic E-state index is 0.441. The Morgan fingerprint density at radius 2 is 1.47 bits per heavy atom. The molecule has 19 heavy (non-hydrogen) atoms. The van der Waals surface area contributed by atoms with Crippen LogP contribution in [0.5, 0.6) is 0 Å². The van der Waals surface area contributed by atoms with Crippen molar-refractivity contribution in [1.82, 2.24) is 9.55 Å². The lowest BCUT2D eigenvalue weighted by Crippen LogP contribution is -2.16. The number of aryl methyl sites for hydroxylation is 1. The van der Waals surface area contributed by atoms with E-state index in [2.05, 4.69) is 4.98 Å². The van der Waals surface area contributed by atoms with Gasteiger partial charge >= 0.3 is 0 Å². The monoisotopic (exact) mass is 276 g/mol. The fourth-order valence-corrected chi connectivity index (χ4v) is 1.50. The molecule has 8 heteroatoms. The van der Waals surface area contributed by atoms with Crippen molar-refractivity contribution in [2.75, 3.05) is 0 Å². The number of nitrogens with zero attached hydrogens (tertiary/aromatic N) is 2. The van der Waals surface area contributed by atoms with Gasteiger partial charge in [0.2, 0.25) is 11.6 Å². The molecular formula is C11H5F5N2O. The van der Waals surface area contributed by atoms with E-state index in [0.29, 0.717) is 0 Å². The van der Waals surface area contributed by atoms with Crippen molar-refractivity contribution in [3.8, 4) is 0 Å². The van der Waals surface area contributed by atoms with E-state index in [1.807, 2.05) is 0 Å². The molecule has 0 aliphatic rings. The van der Waals surface area contributed by atoms with Crippen LogP contribution >= 0.6 is 0 Å². The van der Waals surface area contributed by atoms with Crippen LogP contribution in [0.25, 0.3) is 0 Å². The van der Waals surface area contributed by atoms with Gasteiger partial charge in [-0.15, -0.1) is 0 Å². The van der Waals surface area contributed by atoms with Gasteiger partial charge in [-0.25, -0.2) is 26.9 Å². The fourth-order valence-electron chi connectivity index (χ4n) is 1.50. The summed E-state index contributed by atoms with van der Waals surface area (Å²) in [5, 5.41) is 0. The molecule has 0 atom stereocenters. The van der Waals surface area contributed by atoms with Crippen LogP contribution in [0.15, 0.2) is 12.4 Å². The second-order valence-electron chi connectivity index (χ2n) is 3.64. The smallest absolute Gasteiger partial charge is 0.234 e. The summed E-state index contributed by atoms with van der Waals surface area (Å²) in [6.07, 6.45) is 2.44. The van der Waals surface area contributed by atoms with Crippen molar-refractivity contribution in [3.63, 3.8) is 0 Å². The van der Waals surface area contributed by atoms with Gasteiger partial charge in [-0.05, 0) is 0 Å². The van der Waals surface area contributed by atoms with E-state index in [-0.39, 0.29) is 0 Å². The third-order valence-electron chi connectivity index (χ3n) is 2.46. The minimum Gasteiger partial charge on any atom is -0.331 e. The van der Waals surface area contributed by atoms with Crippen molar-refractivity contribution in [3.05, 3.63) is 52.9 Å². The molecular weight excluding hydrogens is 271 g/mol. The standard InChI is InChI=1S/C11H5F5N2O/c1-18-3-2-17-11(18)10(19)4-5(12)7(14)9(16)8(15)6(4)13/h2-3H,1H3. The lowest BCUT2D eigenvalue weighted by Gasteiger charge is -2.07. The molecule has 0 amide bonds. The molecule has 0 N–H and O–H groups in total. The Hall–Kier alpha value is -2.25. The van der Waals surface area contributed by atoms with E-state index in [1.54, 1.807) is 0 Å². The molecule has 0 saturated carbocycles. The summed E-state index contributed by atoms with van der Waals surface area (Å²) in [7, 11) is 1.34. The Morgan fingerprint density at radius 3 is 1.89 bits per heavy atom. The maximum Gasteiger partial charge on any atom is 0.234 e. The van der Waals surface area contributed by atoms with Crippen LogP contribution in [-0.2, 0) is 7.05 Å². The van der Waals surface area contributed by atoms with Crippen LogP contribution < -0.4 is 0 Å². The molecule has 100 valence electrons. The molecule has 1 aromatic carbocycles. The van der Waals surface area contributed by atoms with E-state index >= 15 is 0 Å². The van der Waals surface area contributed by atoms with E-state index in [1.165, 1.54) is 13.2 Å². The lowest BCUT2D eigenvalue weighted by atomic mass is 10.1. The first kappa shape index (κ1) is 13.2. The zero-order chi connectivity index (χ0) is 14.3. The van der Waals surface area contributed by atoms with Crippen LogP contribution in [0.1, 0.15) is 16.2 Å². The highest BCUT2D eigenvalue weighted by atomic mass is 19.2. The van der Waals surface area contributed by atoms with Gasteiger partial charge in [0.15, 0.2) is 29.1 Å². The average Bonchev–Trinajstić information content (AvgIpc) is 2.80. The molecule has 0 aliphatic heterocycles. The molecule has 0 spiro atoms. The van der Waals surface area contributed by atoms with E-state index in [9.17, 15) is 26.7 Å². The summed E-state index contributed by atoms with van der Waals surface area (Å²) in [6, 6.07) is 0. The van der Waals surface area contributed by atoms with E-state index in [0.717, 1.165) is 10.8 Å². The van der Waals surface area contributed by atoms with Crippen molar-refractivity contribution in [2.24, 2.45) is 7.05 Å². The first-order chi connectivity index (χ1) is 8.86. The molecule has 0 saturated heterocycles. The summed E-state index contributed by atoms with van der Waals surface area (Å²) in [6.45, 7) is 0. The number of ketones is 1. The van der Waals surface area contributed by atoms with Gasteiger partial charge in [-0.3, -0.25) is 4.79 Å². The zero-order valence-corrected chi connectivity index (χ0v) is 9.35. The van der Waals surface area contributed by atoms with Crippen LogP contribution in [0.4, 0.5) is 22.0 Å². The number of hydrogen-bond acceptors (Lipinski definition) is 2. The maximum atomic E-state index is 13.4. The van der Waals surface area contributed by atoms with Crippen LogP contribution in [0, 0.1) is 29.1 Å².